The Labute approximate surface area is 296 Å². The van der Waals surface area contributed by atoms with Gasteiger partial charge in [0.2, 0.25) is 0 Å². The number of hydrogen-bond acceptors (Lipinski definition) is 3. The number of pyridine rings is 2. The van der Waals surface area contributed by atoms with E-state index in [2.05, 4.69) is 143 Å². The molecule has 0 fully saturated rings. The predicted octanol–water partition coefficient (Wildman–Crippen LogP) is 11.9. The van der Waals surface area contributed by atoms with E-state index in [0.717, 1.165) is 44.5 Å². The van der Waals surface area contributed by atoms with Crippen LogP contribution in [-0.4, -0.2) is 9.97 Å². The van der Waals surface area contributed by atoms with Crippen molar-refractivity contribution in [1.82, 2.24) is 9.97 Å². The van der Waals surface area contributed by atoms with Crippen molar-refractivity contribution < 1.29 is 24.5 Å². The summed E-state index contributed by atoms with van der Waals surface area (Å²) in [5.41, 5.74) is 8.35. The van der Waals surface area contributed by atoms with Gasteiger partial charge in [-0.3, -0.25) is 0 Å². The molecule has 0 unspecified atom stereocenters. The summed E-state index contributed by atoms with van der Waals surface area (Å²) in [7, 11) is 0. The van der Waals surface area contributed by atoms with Crippen LogP contribution in [0.1, 0.15) is 52.7 Å². The predicted molar refractivity (Wildman–Crippen MR) is 197 cm³/mol. The molecule has 8 aromatic rings. The maximum Gasteiger partial charge on any atom is 0.121 e. The fraction of sp³-hybridized carbons (Fsp3) is 0.182. The standard InChI is InChI=1S/C29H22NO.C15H16N.Ir/c1-29(2,3)20-13-14-30-26(16-20)23-10-6-9-22-25-15-19-12-11-18-7-4-5-8-21(18)24(19)17-27(25)31-28(22)23;1-15(2,3)13-9-10-16-14(11-13)12-7-5-4-6-8-12;/h4-9,11-17H,1-3H3;4-7,9-11H,1-3H3;/q2*-1;. The molecule has 0 aliphatic rings. The second-order valence-electron chi connectivity index (χ2n) is 14.2. The first kappa shape index (κ1) is 33.3. The number of benzene rings is 5. The smallest absolute Gasteiger partial charge is 0.121 e. The molecule has 0 spiro atoms. The number of fused-ring (bicyclic) bond motifs is 6. The second kappa shape index (κ2) is 13.1. The molecule has 0 N–H and O–H groups in total. The van der Waals surface area contributed by atoms with Crippen molar-refractivity contribution in [3.05, 3.63) is 145 Å². The molecule has 48 heavy (non-hydrogen) atoms. The minimum atomic E-state index is 0. The summed E-state index contributed by atoms with van der Waals surface area (Å²) in [6.45, 7) is 13.3. The van der Waals surface area contributed by atoms with Crippen LogP contribution >= 0.6 is 0 Å². The summed E-state index contributed by atoms with van der Waals surface area (Å²) in [5.74, 6) is 0. The molecule has 0 atom stereocenters. The number of rotatable bonds is 2. The Hall–Kier alpha value is -4.63. The van der Waals surface area contributed by atoms with E-state index in [1.807, 2.05) is 42.7 Å². The first-order valence-electron chi connectivity index (χ1n) is 16.2. The van der Waals surface area contributed by atoms with Crippen molar-refractivity contribution in [3.8, 4) is 22.5 Å². The minimum Gasteiger partial charge on any atom is -0.501 e. The molecular formula is C44H38IrN2O-2. The van der Waals surface area contributed by atoms with Gasteiger partial charge in [-0.05, 0) is 79.2 Å². The number of nitrogens with zero attached hydrogens (tertiary/aromatic N) is 2. The molecule has 1 radical (unpaired) electrons. The van der Waals surface area contributed by atoms with Crippen LogP contribution in [0, 0.1) is 12.1 Å². The summed E-state index contributed by atoms with van der Waals surface area (Å²) in [4.78, 5) is 9.04. The summed E-state index contributed by atoms with van der Waals surface area (Å²) in [6, 6.07) is 44.3. The average molecular weight is 803 g/mol. The molecule has 0 amide bonds. The van der Waals surface area contributed by atoms with Crippen molar-refractivity contribution in [2.24, 2.45) is 0 Å². The molecule has 0 saturated carbocycles. The summed E-state index contributed by atoms with van der Waals surface area (Å²) >= 11 is 0. The van der Waals surface area contributed by atoms with Gasteiger partial charge in [-0.15, -0.1) is 54.1 Å². The second-order valence-corrected chi connectivity index (χ2v) is 14.2. The largest absolute Gasteiger partial charge is 0.501 e. The van der Waals surface area contributed by atoms with E-state index in [1.165, 1.54) is 32.7 Å². The SMILES string of the molecule is CC(C)(C)c1ccnc(-c2[c-]ccc3c2oc2cc4c(ccc5ccccc54)cc23)c1.CC(C)(C)c1ccnc(-c2[c-]cccc2)c1.[Ir]. The molecular weight excluding hydrogens is 765 g/mol. The Kier molecular flexibility index (Phi) is 9.09. The molecule has 8 rings (SSSR count). The third-order valence-electron chi connectivity index (χ3n) is 8.79. The van der Waals surface area contributed by atoms with E-state index in [0.29, 0.717) is 0 Å². The monoisotopic (exact) mass is 803 g/mol. The van der Waals surface area contributed by atoms with E-state index in [-0.39, 0.29) is 30.9 Å². The molecule has 5 aromatic carbocycles. The zero-order valence-corrected chi connectivity index (χ0v) is 30.6. The zero-order chi connectivity index (χ0) is 32.8. The molecule has 3 nitrogen and oxygen atoms in total. The number of hydrogen-bond donors (Lipinski definition) is 0. The normalized spacial score (nSPS) is 11.8. The Morgan fingerprint density at radius 1 is 0.542 bits per heavy atom. The first-order valence-corrected chi connectivity index (χ1v) is 16.2. The van der Waals surface area contributed by atoms with Crippen LogP contribution in [0.5, 0.6) is 0 Å². The third kappa shape index (κ3) is 6.56. The van der Waals surface area contributed by atoms with E-state index in [4.69, 9.17) is 4.42 Å². The summed E-state index contributed by atoms with van der Waals surface area (Å²) < 4.78 is 6.45. The van der Waals surface area contributed by atoms with Gasteiger partial charge in [0, 0.05) is 37.9 Å². The van der Waals surface area contributed by atoms with Crippen LogP contribution in [0.2, 0.25) is 0 Å². The van der Waals surface area contributed by atoms with Gasteiger partial charge >= 0.3 is 0 Å². The Balaban J connectivity index is 0.000000201. The van der Waals surface area contributed by atoms with Gasteiger partial charge in [-0.1, -0.05) is 101 Å². The molecule has 0 aliphatic carbocycles. The topological polar surface area (TPSA) is 38.9 Å². The third-order valence-corrected chi connectivity index (χ3v) is 8.79. The van der Waals surface area contributed by atoms with Gasteiger partial charge < -0.3 is 14.4 Å². The van der Waals surface area contributed by atoms with Gasteiger partial charge in [0.05, 0.1) is 5.58 Å². The molecule has 3 aromatic heterocycles. The Bertz CT molecular complexity index is 2380. The van der Waals surface area contributed by atoms with Crippen LogP contribution in [0.4, 0.5) is 0 Å². The Morgan fingerprint density at radius 2 is 1.21 bits per heavy atom. The number of furan rings is 1. The van der Waals surface area contributed by atoms with Crippen molar-refractivity contribution in [1.29, 1.82) is 0 Å². The minimum absolute atomic E-state index is 0. The molecule has 0 bridgehead atoms. The molecule has 4 heteroatoms. The summed E-state index contributed by atoms with van der Waals surface area (Å²) in [6.07, 6.45) is 3.75. The van der Waals surface area contributed by atoms with Gasteiger partial charge in [0.1, 0.15) is 5.58 Å². The quantitative estimate of drug-likeness (QED) is 0.129. The van der Waals surface area contributed by atoms with E-state index in [1.54, 1.807) is 0 Å². The number of aromatic nitrogens is 2. The fourth-order valence-electron chi connectivity index (χ4n) is 6.06. The van der Waals surface area contributed by atoms with Crippen LogP contribution in [0.15, 0.2) is 126 Å². The first-order chi connectivity index (χ1) is 22.6. The van der Waals surface area contributed by atoms with Gasteiger partial charge in [-0.25, -0.2) is 0 Å². The van der Waals surface area contributed by atoms with Crippen molar-refractivity contribution in [2.75, 3.05) is 0 Å². The van der Waals surface area contributed by atoms with Crippen LogP contribution in [0.25, 0.3) is 66.0 Å². The summed E-state index contributed by atoms with van der Waals surface area (Å²) in [5, 5.41) is 7.14. The molecule has 0 aliphatic heterocycles. The molecule has 3 heterocycles. The van der Waals surface area contributed by atoms with Crippen molar-refractivity contribution >= 4 is 43.5 Å². The van der Waals surface area contributed by atoms with E-state index >= 15 is 0 Å². The fourth-order valence-corrected chi connectivity index (χ4v) is 6.06. The van der Waals surface area contributed by atoms with Gasteiger partial charge in [0.15, 0.2) is 0 Å². The van der Waals surface area contributed by atoms with Crippen molar-refractivity contribution in [3.63, 3.8) is 0 Å². The molecule has 0 saturated heterocycles. The zero-order valence-electron chi connectivity index (χ0n) is 28.2. The Morgan fingerprint density at radius 3 is 1.92 bits per heavy atom. The van der Waals surface area contributed by atoms with Crippen LogP contribution in [-0.2, 0) is 30.9 Å². The van der Waals surface area contributed by atoms with E-state index in [9.17, 15) is 0 Å². The maximum atomic E-state index is 6.45. The maximum absolute atomic E-state index is 6.45. The van der Waals surface area contributed by atoms with Crippen LogP contribution < -0.4 is 0 Å². The van der Waals surface area contributed by atoms with Crippen molar-refractivity contribution in [2.45, 2.75) is 52.4 Å². The van der Waals surface area contributed by atoms with E-state index < -0.39 is 0 Å². The van der Waals surface area contributed by atoms with Crippen LogP contribution in [0.3, 0.4) is 0 Å². The average Bonchev–Trinajstić information content (AvgIpc) is 3.45. The molecule has 241 valence electrons. The van der Waals surface area contributed by atoms with Gasteiger partial charge in [-0.2, -0.15) is 0 Å². The van der Waals surface area contributed by atoms with Gasteiger partial charge in [0.25, 0.3) is 0 Å².